The molecule has 1 aliphatic heterocycles. The Labute approximate surface area is 120 Å². The first-order valence-electron chi connectivity index (χ1n) is 7.26. The van der Waals surface area contributed by atoms with E-state index in [1.807, 2.05) is 19.2 Å². The molecular weight excluding hydrogens is 254 g/mol. The first-order chi connectivity index (χ1) is 9.72. The Morgan fingerprint density at radius 3 is 2.75 bits per heavy atom. The van der Waals surface area contributed by atoms with E-state index in [9.17, 15) is 4.79 Å². The maximum absolute atomic E-state index is 12.2. The highest BCUT2D eigenvalue weighted by Crippen LogP contribution is 2.15. The fraction of sp³-hybridized carbons (Fsp3) is 0.600. The minimum atomic E-state index is -0.00743. The van der Waals surface area contributed by atoms with Gasteiger partial charge in [-0.1, -0.05) is 13.3 Å². The van der Waals surface area contributed by atoms with Gasteiger partial charge in [0.1, 0.15) is 5.69 Å². The molecule has 0 N–H and O–H groups in total. The van der Waals surface area contributed by atoms with Gasteiger partial charge in [0.2, 0.25) is 0 Å². The van der Waals surface area contributed by atoms with Crippen LogP contribution in [0.2, 0.25) is 0 Å². The third kappa shape index (κ3) is 3.70. The lowest BCUT2D eigenvalue weighted by molar-refractivity contribution is 0.0787. The Morgan fingerprint density at radius 2 is 2.15 bits per heavy atom. The molecule has 0 aliphatic carbocycles. The Bertz CT molecular complexity index is 427. The molecule has 1 fully saturated rings. The van der Waals surface area contributed by atoms with E-state index < -0.39 is 0 Å². The Balaban J connectivity index is 1.98. The molecule has 0 saturated carbocycles. The zero-order chi connectivity index (χ0) is 14.4. The fourth-order valence-corrected chi connectivity index (χ4v) is 2.21. The molecule has 2 heterocycles. The third-order valence-corrected chi connectivity index (χ3v) is 3.54. The zero-order valence-electron chi connectivity index (χ0n) is 12.3. The van der Waals surface area contributed by atoms with Crippen molar-refractivity contribution in [1.29, 1.82) is 0 Å². The Hall–Kier alpha value is -1.62. The molecule has 110 valence electrons. The van der Waals surface area contributed by atoms with E-state index in [0.29, 0.717) is 5.69 Å². The molecule has 0 spiro atoms. The van der Waals surface area contributed by atoms with Crippen LogP contribution < -0.4 is 4.90 Å². The van der Waals surface area contributed by atoms with Crippen molar-refractivity contribution in [2.45, 2.75) is 19.8 Å². The molecule has 1 aliphatic rings. The minimum Gasteiger partial charge on any atom is -0.378 e. The summed E-state index contributed by atoms with van der Waals surface area (Å²) in [6.45, 7) is 6.16. The molecule has 1 aromatic rings. The quantitative estimate of drug-likeness (QED) is 0.823. The monoisotopic (exact) mass is 277 g/mol. The molecule has 1 saturated heterocycles. The van der Waals surface area contributed by atoms with Gasteiger partial charge >= 0.3 is 0 Å². The van der Waals surface area contributed by atoms with E-state index in [0.717, 1.165) is 51.4 Å². The predicted octanol–water partition coefficient (Wildman–Crippen LogP) is 1.79. The molecule has 5 nitrogen and oxygen atoms in total. The van der Waals surface area contributed by atoms with Crippen LogP contribution in [0.25, 0.3) is 0 Å². The standard InChI is InChI=1S/C15H23N3O2/c1-3-4-7-17(2)15(19)14-6-5-13(12-16-14)18-8-10-20-11-9-18/h5-6,12H,3-4,7-11H2,1-2H3. The highest BCUT2D eigenvalue weighted by Gasteiger charge is 2.15. The summed E-state index contributed by atoms with van der Waals surface area (Å²) in [6.07, 6.45) is 3.89. The molecule has 0 unspecified atom stereocenters. The molecule has 2 rings (SSSR count). The second kappa shape index (κ2) is 7.24. The third-order valence-electron chi connectivity index (χ3n) is 3.54. The number of carbonyl (C=O) groups excluding carboxylic acids is 1. The Kier molecular flexibility index (Phi) is 5.35. The van der Waals surface area contributed by atoms with Crippen LogP contribution in [-0.4, -0.2) is 55.7 Å². The SMILES string of the molecule is CCCCN(C)C(=O)c1ccc(N2CCOCC2)cn1. The number of aromatic nitrogens is 1. The van der Waals surface area contributed by atoms with Gasteiger partial charge < -0.3 is 14.5 Å². The Morgan fingerprint density at radius 1 is 1.40 bits per heavy atom. The second-order valence-electron chi connectivity index (χ2n) is 5.08. The number of unbranched alkanes of at least 4 members (excludes halogenated alkanes) is 1. The van der Waals surface area contributed by atoms with Crippen molar-refractivity contribution in [3.05, 3.63) is 24.0 Å². The van der Waals surface area contributed by atoms with Crippen molar-refractivity contribution in [3.63, 3.8) is 0 Å². The summed E-state index contributed by atoms with van der Waals surface area (Å²) in [6, 6.07) is 3.79. The number of pyridine rings is 1. The number of carbonyl (C=O) groups is 1. The maximum Gasteiger partial charge on any atom is 0.272 e. The van der Waals surface area contributed by atoms with Crippen LogP contribution in [0.3, 0.4) is 0 Å². The molecule has 0 radical (unpaired) electrons. The van der Waals surface area contributed by atoms with E-state index in [1.165, 1.54) is 0 Å². The van der Waals surface area contributed by atoms with Gasteiger partial charge in [-0.25, -0.2) is 4.98 Å². The van der Waals surface area contributed by atoms with Crippen LogP contribution in [0.1, 0.15) is 30.3 Å². The molecule has 20 heavy (non-hydrogen) atoms. The first-order valence-corrected chi connectivity index (χ1v) is 7.26. The first kappa shape index (κ1) is 14.8. The number of rotatable bonds is 5. The lowest BCUT2D eigenvalue weighted by Crippen LogP contribution is -2.36. The summed E-state index contributed by atoms with van der Waals surface area (Å²) in [5, 5.41) is 0. The van der Waals surface area contributed by atoms with E-state index in [2.05, 4.69) is 16.8 Å². The summed E-state index contributed by atoms with van der Waals surface area (Å²) in [5.74, 6) is -0.00743. The lowest BCUT2D eigenvalue weighted by atomic mass is 10.2. The summed E-state index contributed by atoms with van der Waals surface area (Å²) >= 11 is 0. The van der Waals surface area contributed by atoms with Crippen LogP contribution in [0.5, 0.6) is 0 Å². The number of hydrogen-bond donors (Lipinski definition) is 0. The average molecular weight is 277 g/mol. The van der Waals surface area contributed by atoms with Crippen LogP contribution in [-0.2, 0) is 4.74 Å². The largest absolute Gasteiger partial charge is 0.378 e. The molecule has 0 bridgehead atoms. The summed E-state index contributed by atoms with van der Waals surface area (Å²) < 4.78 is 5.33. The van der Waals surface area contributed by atoms with Crippen LogP contribution in [0.15, 0.2) is 18.3 Å². The normalized spacial score (nSPS) is 15.2. The van der Waals surface area contributed by atoms with Gasteiger partial charge in [-0.15, -0.1) is 0 Å². The van der Waals surface area contributed by atoms with E-state index in [4.69, 9.17) is 4.74 Å². The average Bonchev–Trinajstić information content (AvgIpc) is 2.53. The topological polar surface area (TPSA) is 45.7 Å². The number of anilines is 1. The van der Waals surface area contributed by atoms with Gasteiger partial charge in [-0.3, -0.25) is 4.79 Å². The fourth-order valence-electron chi connectivity index (χ4n) is 2.21. The number of hydrogen-bond acceptors (Lipinski definition) is 4. The molecule has 0 aromatic carbocycles. The van der Waals surface area contributed by atoms with Crippen LogP contribution >= 0.6 is 0 Å². The van der Waals surface area contributed by atoms with Crippen LogP contribution in [0, 0.1) is 0 Å². The van der Waals surface area contributed by atoms with Crippen molar-refractivity contribution >= 4 is 11.6 Å². The smallest absolute Gasteiger partial charge is 0.272 e. The van der Waals surface area contributed by atoms with Crippen molar-refractivity contribution in [3.8, 4) is 0 Å². The highest BCUT2D eigenvalue weighted by molar-refractivity contribution is 5.92. The van der Waals surface area contributed by atoms with Crippen molar-refractivity contribution in [2.75, 3.05) is 44.8 Å². The van der Waals surface area contributed by atoms with Gasteiger partial charge in [0.15, 0.2) is 0 Å². The molecule has 0 atom stereocenters. The lowest BCUT2D eigenvalue weighted by Gasteiger charge is -2.28. The number of nitrogens with zero attached hydrogens (tertiary/aromatic N) is 3. The van der Waals surface area contributed by atoms with Gasteiger partial charge in [0.05, 0.1) is 25.1 Å². The zero-order valence-corrected chi connectivity index (χ0v) is 12.3. The number of amides is 1. The predicted molar refractivity (Wildman–Crippen MR) is 79.1 cm³/mol. The molecule has 1 aromatic heterocycles. The van der Waals surface area contributed by atoms with Crippen molar-refractivity contribution in [2.24, 2.45) is 0 Å². The second-order valence-corrected chi connectivity index (χ2v) is 5.08. The minimum absolute atomic E-state index is 0.00743. The summed E-state index contributed by atoms with van der Waals surface area (Å²) in [7, 11) is 1.83. The van der Waals surface area contributed by atoms with Gasteiger partial charge in [0.25, 0.3) is 5.91 Å². The van der Waals surface area contributed by atoms with Crippen molar-refractivity contribution in [1.82, 2.24) is 9.88 Å². The molecule has 1 amide bonds. The van der Waals surface area contributed by atoms with E-state index >= 15 is 0 Å². The van der Waals surface area contributed by atoms with Crippen molar-refractivity contribution < 1.29 is 9.53 Å². The van der Waals surface area contributed by atoms with E-state index in [-0.39, 0.29) is 5.91 Å². The van der Waals surface area contributed by atoms with E-state index in [1.54, 1.807) is 11.1 Å². The maximum atomic E-state index is 12.2. The van der Waals surface area contributed by atoms with Crippen LogP contribution in [0.4, 0.5) is 5.69 Å². The summed E-state index contributed by atoms with van der Waals surface area (Å²) in [4.78, 5) is 20.4. The van der Waals surface area contributed by atoms with Gasteiger partial charge in [-0.2, -0.15) is 0 Å². The van der Waals surface area contributed by atoms with Gasteiger partial charge in [-0.05, 0) is 18.6 Å². The molecule has 5 heteroatoms. The number of morpholine rings is 1. The summed E-state index contributed by atoms with van der Waals surface area (Å²) in [5.41, 5.74) is 1.57. The number of ether oxygens (including phenoxy) is 1. The highest BCUT2D eigenvalue weighted by atomic mass is 16.5. The molecular formula is C15H23N3O2. The van der Waals surface area contributed by atoms with Gasteiger partial charge in [0, 0.05) is 26.7 Å².